The molecule has 2 aliphatic heterocycles. The van der Waals surface area contributed by atoms with Crippen molar-refractivity contribution < 1.29 is 9.53 Å². The van der Waals surface area contributed by atoms with E-state index in [4.69, 9.17) is 4.74 Å². The molecule has 4 nitrogen and oxygen atoms in total. The fourth-order valence-corrected chi connectivity index (χ4v) is 4.81. The number of anilines is 1. The third-order valence-corrected chi connectivity index (χ3v) is 6.14. The van der Waals surface area contributed by atoms with E-state index in [-0.39, 0.29) is 6.09 Å². The molecule has 136 valence electrons. The molecular weight excluding hydrogens is 312 g/mol. The summed E-state index contributed by atoms with van der Waals surface area (Å²) >= 11 is 0. The predicted octanol–water partition coefficient (Wildman–Crippen LogP) is 4.38. The van der Waals surface area contributed by atoms with Gasteiger partial charge in [-0.15, -0.1) is 0 Å². The number of amides is 1. The molecule has 0 saturated heterocycles. The van der Waals surface area contributed by atoms with E-state index in [2.05, 4.69) is 24.0 Å². The van der Waals surface area contributed by atoms with Crippen molar-refractivity contribution in [2.75, 3.05) is 24.5 Å². The van der Waals surface area contributed by atoms with E-state index < -0.39 is 5.60 Å². The van der Waals surface area contributed by atoms with E-state index in [0.29, 0.717) is 12.0 Å². The second-order valence-corrected chi connectivity index (χ2v) is 9.04. The van der Waals surface area contributed by atoms with Crippen LogP contribution < -0.4 is 4.90 Å². The quantitative estimate of drug-likeness (QED) is 0.701. The SMILES string of the molecule is Cc1ccc2c3c1C1(CCC1)CCN3CCN(C(=O)OC(C)(C)C)C2. The van der Waals surface area contributed by atoms with Gasteiger partial charge in [-0.25, -0.2) is 4.79 Å². The standard InChI is InChI=1S/C21H30N2O2/c1-15-6-7-16-14-23(19(24)25-20(2,3)4)13-12-22-11-10-21(8-5-9-21)17(15)18(16)22/h6-7H,5,8-14H2,1-4H3. The lowest BCUT2D eigenvalue weighted by Gasteiger charge is -2.50. The summed E-state index contributed by atoms with van der Waals surface area (Å²) in [6.07, 6.45) is 5.08. The number of aryl methyl sites for hydroxylation is 1. The average molecular weight is 342 g/mol. The summed E-state index contributed by atoms with van der Waals surface area (Å²) in [7, 11) is 0. The summed E-state index contributed by atoms with van der Waals surface area (Å²) < 4.78 is 5.63. The van der Waals surface area contributed by atoms with E-state index in [0.717, 1.165) is 19.6 Å². The van der Waals surface area contributed by atoms with Gasteiger partial charge in [0, 0.05) is 25.3 Å². The minimum atomic E-state index is -0.450. The van der Waals surface area contributed by atoms with Gasteiger partial charge in [0.2, 0.25) is 0 Å². The Morgan fingerprint density at radius 1 is 1.12 bits per heavy atom. The molecule has 0 N–H and O–H groups in total. The van der Waals surface area contributed by atoms with Crippen LogP contribution in [0.15, 0.2) is 12.1 Å². The maximum Gasteiger partial charge on any atom is 0.410 e. The molecular formula is C21H30N2O2. The first-order valence-corrected chi connectivity index (χ1v) is 9.65. The van der Waals surface area contributed by atoms with Gasteiger partial charge < -0.3 is 14.5 Å². The number of fused-ring (bicyclic) bond motifs is 1. The highest BCUT2D eigenvalue weighted by Gasteiger charge is 2.46. The van der Waals surface area contributed by atoms with Crippen LogP contribution in [0.1, 0.15) is 63.1 Å². The van der Waals surface area contributed by atoms with Crippen LogP contribution in [0.25, 0.3) is 0 Å². The summed E-state index contributed by atoms with van der Waals surface area (Å²) in [5.41, 5.74) is 5.68. The molecule has 0 bridgehead atoms. The molecule has 0 radical (unpaired) electrons. The van der Waals surface area contributed by atoms with Crippen LogP contribution in [0.3, 0.4) is 0 Å². The fourth-order valence-electron chi connectivity index (χ4n) is 4.81. The zero-order valence-electron chi connectivity index (χ0n) is 16.0. The Bertz CT molecular complexity index is 701. The summed E-state index contributed by atoms with van der Waals surface area (Å²) in [5, 5.41) is 0. The van der Waals surface area contributed by atoms with E-state index in [1.165, 1.54) is 42.5 Å². The Morgan fingerprint density at radius 3 is 2.52 bits per heavy atom. The lowest BCUT2D eigenvalue weighted by molar-refractivity contribution is 0.0243. The van der Waals surface area contributed by atoms with Crippen LogP contribution >= 0.6 is 0 Å². The van der Waals surface area contributed by atoms with Crippen molar-refractivity contribution in [3.63, 3.8) is 0 Å². The summed E-state index contributed by atoms with van der Waals surface area (Å²) in [6.45, 7) is 11.5. The molecule has 1 aromatic carbocycles. The molecule has 1 spiro atoms. The first-order chi connectivity index (χ1) is 11.8. The van der Waals surface area contributed by atoms with E-state index in [1.807, 2.05) is 25.7 Å². The zero-order chi connectivity index (χ0) is 17.8. The molecule has 2 heterocycles. The molecule has 1 saturated carbocycles. The largest absolute Gasteiger partial charge is 0.444 e. The van der Waals surface area contributed by atoms with Crippen LogP contribution in [-0.2, 0) is 16.7 Å². The second kappa shape index (κ2) is 5.65. The van der Waals surface area contributed by atoms with Crippen LogP contribution in [0, 0.1) is 6.92 Å². The van der Waals surface area contributed by atoms with Crippen molar-refractivity contribution in [3.8, 4) is 0 Å². The van der Waals surface area contributed by atoms with Crippen LogP contribution in [-0.4, -0.2) is 36.2 Å². The number of ether oxygens (including phenoxy) is 1. The highest BCUT2D eigenvalue weighted by atomic mass is 16.6. The third kappa shape index (κ3) is 2.80. The van der Waals surface area contributed by atoms with Gasteiger partial charge in [0.15, 0.2) is 0 Å². The Labute approximate surface area is 151 Å². The molecule has 0 aromatic heterocycles. The Morgan fingerprint density at radius 2 is 1.88 bits per heavy atom. The van der Waals surface area contributed by atoms with Crippen LogP contribution in [0.2, 0.25) is 0 Å². The molecule has 3 aliphatic rings. The number of carbonyl (C=O) groups excluding carboxylic acids is 1. The van der Waals surface area contributed by atoms with Crippen LogP contribution in [0.5, 0.6) is 0 Å². The smallest absolute Gasteiger partial charge is 0.410 e. The number of rotatable bonds is 0. The van der Waals surface area contributed by atoms with Gasteiger partial charge in [-0.05, 0) is 69.1 Å². The lowest BCUT2D eigenvalue weighted by Crippen LogP contribution is -2.46. The van der Waals surface area contributed by atoms with Gasteiger partial charge in [-0.1, -0.05) is 18.6 Å². The maximum absolute atomic E-state index is 12.6. The molecule has 1 amide bonds. The first-order valence-electron chi connectivity index (χ1n) is 9.65. The minimum Gasteiger partial charge on any atom is -0.444 e. The van der Waals surface area contributed by atoms with Crippen molar-refractivity contribution in [2.45, 2.75) is 70.9 Å². The van der Waals surface area contributed by atoms with Gasteiger partial charge in [0.25, 0.3) is 0 Å². The Kier molecular flexibility index (Phi) is 3.78. The normalized spacial score (nSPS) is 21.4. The monoisotopic (exact) mass is 342 g/mol. The first kappa shape index (κ1) is 16.7. The second-order valence-electron chi connectivity index (χ2n) is 9.04. The number of nitrogens with zero attached hydrogens (tertiary/aromatic N) is 2. The molecule has 4 rings (SSSR count). The highest BCUT2D eigenvalue weighted by molar-refractivity contribution is 5.72. The van der Waals surface area contributed by atoms with Gasteiger partial charge >= 0.3 is 6.09 Å². The molecule has 25 heavy (non-hydrogen) atoms. The van der Waals surface area contributed by atoms with E-state index >= 15 is 0 Å². The number of hydrogen-bond donors (Lipinski definition) is 0. The van der Waals surface area contributed by atoms with Gasteiger partial charge in [-0.2, -0.15) is 0 Å². The van der Waals surface area contributed by atoms with Gasteiger partial charge in [-0.3, -0.25) is 0 Å². The predicted molar refractivity (Wildman–Crippen MR) is 100 cm³/mol. The summed E-state index contributed by atoms with van der Waals surface area (Å²) in [4.78, 5) is 17.0. The van der Waals surface area contributed by atoms with E-state index in [9.17, 15) is 4.79 Å². The number of hydrogen-bond acceptors (Lipinski definition) is 3. The third-order valence-electron chi connectivity index (χ3n) is 6.14. The molecule has 0 atom stereocenters. The van der Waals surface area contributed by atoms with Crippen molar-refractivity contribution >= 4 is 11.8 Å². The van der Waals surface area contributed by atoms with E-state index in [1.54, 1.807) is 5.56 Å². The molecule has 0 unspecified atom stereocenters. The lowest BCUT2D eigenvalue weighted by atomic mass is 9.59. The molecule has 1 fully saturated rings. The van der Waals surface area contributed by atoms with Crippen LogP contribution in [0.4, 0.5) is 10.5 Å². The van der Waals surface area contributed by atoms with Crippen molar-refractivity contribution in [1.82, 2.24) is 4.90 Å². The number of carbonyl (C=O) groups is 1. The Hall–Kier alpha value is -1.71. The average Bonchev–Trinajstić information content (AvgIpc) is 2.68. The molecule has 1 aliphatic carbocycles. The van der Waals surface area contributed by atoms with Crippen molar-refractivity contribution in [2.24, 2.45) is 0 Å². The maximum atomic E-state index is 12.6. The zero-order valence-corrected chi connectivity index (χ0v) is 16.0. The summed E-state index contributed by atoms with van der Waals surface area (Å²) in [5.74, 6) is 0. The summed E-state index contributed by atoms with van der Waals surface area (Å²) in [6, 6.07) is 4.48. The van der Waals surface area contributed by atoms with Gasteiger partial charge in [0.1, 0.15) is 5.60 Å². The van der Waals surface area contributed by atoms with Crippen molar-refractivity contribution in [1.29, 1.82) is 0 Å². The highest BCUT2D eigenvalue weighted by Crippen LogP contribution is 2.54. The topological polar surface area (TPSA) is 32.8 Å². The Balaban J connectivity index is 1.70. The van der Waals surface area contributed by atoms with Gasteiger partial charge in [0.05, 0.1) is 6.54 Å². The van der Waals surface area contributed by atoms with Crippen molar-refractivity contribution in [3.05, 3.63) is 28.8 Å². The number of benzene rings is 1. The minimum absolute atomic E-state index is 0.194. The molecule has 4 heteroatoms. The molecule has 1 aromatic rings. The fraction of sp³-hybridized carbons (Fsp3) is 0.667.